The first-order valence-corrected chi connectivity index (χ1v) is 10.0. The Balaban J connectivity index is 2.36. The van der Waals surface area contributed by atoms with Gasteiger partial charge in [-0.25, -0.2) is 8.42 Å². The molecular weight excluding hydrogens is 378 g/mol. The fourth-order valence-corrected chi connectivity index (χ4v) is 6.05. The largest absolute Gasteiger partial charge is 0.278 e. The van der Waals surface area contributed by atoms with Crippen LogP contribution in [0.2, 0.25) is 0 Å². The minimum Gasteiger partial charge on any atom is -0.278 e. The Morgan fingerprint density at radius 3 is 2.65 bits per heavy atom. The van der Waals surface area contributed by atoms with E-state index in [0.717, 1.165) is 19.3 Å². The number of thiophene rings is 1. The number of hydrogen-bond donors (Lipinski definition) is 1. The van der Waals surface area contributed by atoms with Gasteiger partial charge < -0.3 is 0 Å². The molecule has 0 aliphatic carbocycles. The van der Waals surface area contributed by atoms with E-state index >= 15 is 0 Å². The Hall–Kier alpha value is -0.500. The predicted molar refractivity (Wildman–Crippen MR) is 90.4 cm³/mol. The van der Waals surface area contributed by atoms with Gasteiger partial charge in [-0.1, -0.05) is 19.1 Å². The summed E-state index contributed by atoms with van der Waals surface area (Å²) in [6.45, 7) is 3.84. The van der Waals surface area contributed by atoms with Gasteiger partial charge in [0.15, 0.2) is 0 Å². The average molecular weight is 392 g/mol. The topological polar surface area (TPSA) is 46.2 Å². The number of hydrogen-bond acceptors (Lipinski definition) is 4. The Kier molecular flexibility index (Phi) is 5.17. The van der Waals surface area contributed by atoms with E-state index in [9.17, 15) is 8.42 Å². The quantitative estimate of drug-likeness (QED) is 0.749. The van der Waals surface area contributed by atoms with E-state index in [1.807, 2.05) is 25.1 Å². The van der Waals surface area contributed by atoms with E-state index in [1.54, 1.807) is 30.8 Å². The molecule has 1 heterocycles. The van der Waals surface area contributed by atoms with E-state index in [1.165, 1.54) is 11.3 Å². The maximum atomic E-state index is 12.5. The minimum atomic E-state index is -3.55. The van der Waals surface area contributed by atoms with Crippen molar-refractivity contribution in [3.05, 3.63) is 39.0 Å². The summed E-state index contributed by atoms with van der Waals surface area (Å²) in [5.74, 6) is 0.891. The van der Waals surface area contributed by atoms with Crippen molar-refractivity contribution in [3.8, 4) is 0 Å². The first-order chi connectivity index (χ1) is 9.44. The van der Waals surface area contributed by atoms with Crippen LogP contribution in [0.15, 0.2) is 43.9 Å². The fourth-order valence-electron chi connectivity index (χ4n) is 1.73. The van der Waals surface area contributed by atoms with E-state index in [-0.39, 0.29) is 0 Å². The summed E-state index contributed by atoms with van der Waals surface area (Å²) >= 11 is 6.35. The van der Waals surface area contributed by atoms with Crippen molar-refractivity contribution < 1.29 is 8.42 Å². The third kappa shape index (κ3) is 3.58. The van der Waals surface area contributed by atoms with Crippen LogP contribution in [0.25, 0.3) is 0 Å². The highest BCUT2D eigenvalue weighted by Crippen LogP contribution is 2.33. The maximum Gasteiger partial charge on any atom is 0.263 e. The molecule has 0 saturated carbocycles. The lowest BCUT2D eigenvalue weighted by molar-refractivity contribution is 0.601. The number of rotatable bonds is 5. The smallest absolute Gasteiger partial charge is 0.263 e. The molecule has 0 aliphatic heterocycles. The number of thioether (sulfide) groups is 1. The summed E-state index contributed by atoms with van der Waals surface area (Å²) in [6.07, 6.45) is 0. The van der Waals surface area contributed by atoms with Crippen LogP contribution in [0.3, 0.4) is 0 Å². The molecule has 7 heteroatoms. The van der Waals surface area contributed by atoms with Gasteiger partial charge in [0.2, 0.25) is 0 Å². The van der Waals surface area contributed by atoms with Crippen molar-refractivity contribution >= 4 is 54.7 Å². The summed E-state index contributed by atoms with van der Waals surface area (Å²) in [6, 6.07) is 9.07. The predicted octanol–water partition coefficient (Wildman–Crippen LogP) is 4.73. The van der Waals surface area contributed by atoms with Crippen molar-refractivity contribution in [2.45, 2.75) is 23.6 Å². The van der Waals surface area contributed by atoms with Crippen LogP contribution in [0, 0.1) is 6.92 Å². The molecule has 0 bridgehead atoms. The molecule has 0 unspecified atom stereocenters. The van der Waals surface area contributed by atoms with Crippen LogP contribution < -0.4 is 4.72 Å². The molecule has 2 rings (SSSR count). The minimum absolute atomic E-state index is 0.325. The van der Waals surface area contributed by atoms with E-state index in [2.05, 4.69) is 20.7 Å². The van der Waals surface area contributed by atoms with Crippen molar-refractivity contribution in [1.82, 2.24) is 0 Å². The molecule has 0 aliphatic rings. The first kappa shape index (κ1) is 15.9. The number of benzene rings is 1. The van der Waals surface area contributed by atoms with Gasteiger partial charge in [0.05, 0.1) is 9.47 Å². The normalized spacial score (nSPS) is 11.6. The second-order valence-corrected chi connectivity index (χ2v) is 9.60. The zero-order valence-corrected chi connectivity index (χ0v) is 15.0. The van der Waals surface area contributed by atoms with Crippen LogP contribution >= 0.6 is 39.0 Å². The molecule has 3 nitrogen and oxygen atoms in total. The van der Waals surface area contributed by atoms with Gasteiger partial charge in [0.25, 0.3) is 10.0 Å². The Labute approximate surface area is 136 Å². The molecule has 0 spiro atoms. The highest BCUT2D eigenvalue weighted by Gasteiger charge is 2.20. The lowest BCUT2D eigenvalue weighted by atomic mass is 10.3. The molecule has 20 heavy (non-hydrogen) atoms. The van der Waals surface area contributed by atoms with Crippen LogP contribution in [0.1, 0.15) is 11.8 Å². The van der Waals surface area contributed by atoms with Crippen molar-refractivity contribution in [2.75, 3.05) is 10.5 Å². The molecule has 0 fully saturated rings. The Morgan fingerprint density at radius 2 is 2.05 bits per heavy atom. The van der Waals surface area contributed by atoms with Gasteiger partial charge >= 0.3 is 0 Å². The average Bonchev–Trinajstić information content (AvgIpc) is 2.72. The highest BCUT2D eigenvalue weighted by atomic mass is 79.9. The number of nitrogens with one attached hydrogen (secondary N) is 1. The van der Waals surface area contributed by atoms with Gasteiger partial charge in [-0.2, -0.15) is 0 Å². The Morgan fingerprint density at radius 1 is 1.35 bits per heavy atom. The van der Waals surface area contributed by atoms with Crippen LogP contribution in [-0.2, 0) is 10.0 Å². The molecule has 0 radical (unpaired) electrons. The second kappa shape index (κ2) is 6.51. The molecule has 1 aromatic heterocycles. The Bertz CT molecular complexity index is 710. The van der Waals surface area contributed by atoms with Crippen molar-refractivity contribution in [1.29, 1.82) is 0 Å². The van der Waals surface area contributed by atoms with E-state index < -0.39 is 10.0 Å². The van der Waals surface area contributed by atoms with Gasteiger partial charge in [0, 0.05) is 9.77 Å². The van der Waals surface area contributed by atoms with Gasteiger partial charge in [-0.15, -0.1) is 23.1 Å². The lowest BCUT2D eigenvalue weighted by Crippen LogP contribution is -2.13. The molecule has 0 saturated heterocycles. The first-order valence-electron chi connectivity index (χ1n) is 5.94. The number of halogens is 1. The zero-order chi connectivity index (χ0) is 14.8. The molecule has 1 aromatic carbocycles. The number of aryl methyl sites for hydroxylation is 1. The summed E-state index contributed by atoms with van der Waals surface area (Å²) < 4.78 is 28.4. The number of sulfonamides is 1. The second-order valence-electron chi connectivity index (χ2n) is 4.01. The standard InChI is InChI=1S/C13H14BrNO2S3/c1-3-18-11-7-5-4-6-10(11)15-20(16,17)12-8-13(14)19-9(12)2/h4-8,15H,3H2,1-2H3. The molecular formula is C13H14BrNO2S3. The monoisotopic (exact) mass is 391 g/mol. The molecule has 0 amide bonds. The molecule has 0 atom stereocenters. The summed E-state index contributed by atoms with van der Waals surface area (Å²) in [5, 5.41) is 0. The SMILES string of the molecule is CCSc1ccccc1NS(=O)(=O)c1cc(Br)sc1C. The highest BCUT2D eigenvalue weighted by molar-refractivity contribution is 9.11. The maximum absolute atomic E-state index is 12.5. The van der Waals surface area contributed by atoms with Gasteiger partial charge in [-0.05, 0) is 46.8 Å². The zero-order valence-electron chi connectivity index (χ0n) is 11.0. The number of anilines is 1. The van der Waals surface area contributed by atoms with Crippen LogP contribution in [0.4, 0.5) is 5.69 Å². The summed E-state index contributed by atoms with van der Waals surface area (Å²) in [7, 11) is -3.55. The van der Waals surface area contributed by atoms with E-state index in [4.69, 9.17) is 0 Å². The number of para-hydroxylation sites is 1. The fraction of sp³-hybridized carbons (Fsp3) is 0.231. The van der Waals surface area contributed by atoms with Crippen LogP contribution in [-0.4, -0.2) is 14.2 Å². The summed E-state index contributed by atoms with van der Waals surface area (Å²) in [4.78, 5) is 2.03. The third-order valence-electron chi connectivity index (χ3n) is 2.56. The van der Waals surface area contributed by atoms with Gasteiger partial charge in [0.1, 0.15) is 4.90 Å². The third-order valence-corrected chi connectivity index (χ3v) is 6.69. The van der Waals surface area contributed by atoms with Crippen LogP contribution in [0.5, 0.6) is 0 Å². The lowest BCUT2D eigenvalue weighted by Gasteiger charge is -2.11. The van der Waals surface area contributed by atoms with Crippen molar-refractivity contribution in [3.63, 3.8) is 0 Å². The van der Waals surface area contributed by atoms with Gasteiger partial charge in [-0.3, -0.25) is 4.72 Å². The van der Waals surface area contributed by atoms with E-state index in [0.29, 0.717) is 10.6 Å². The summed E-state index contributed by atoms with van der Waals surface area (Å²) in [5.41, 5.74) is 0.626. The molecule has 108 valence electrons. The van der Waals surface area contributed by atoms with Crippen molar-refractivity contribution in [2.24, 2.45) is 0 Å². The molecule has 2 aromatic rings. The molecule has 1 N–H and O–H groups in total.